The van der Waals surface area contributed by atoms with Gasteiger partial charge in [-0.15, -0.1) is 0 Å². The summed E-state index contributed by atoms with van der Waals surface area (Å²) in [6, 6.07) is 32.6. The summed E-state index contributed by atoms with van der Waals surface area (Å²) in [4.78, 5) is 0. The van der Waals surface area contributed by atoms with Gasteiger partial charge in [0.25, 0.3) is 0 Å². The molecule has 0 radical (unpaired) electrons. The topological polar surface area (TPSA) is 9.23 Å². The molecular formula is C21H24OSi2. The molecule has 122 valence electrons. The molecule has 0 aromatic heterocycles. The predicted molar refractivity (Wildman–Crippen MR) is 108 cm³/mol. The molecule has 0 amide bonds. The SMILES string of the molecule is CO[Si](c1ccccc1)(c1ccccc1)[Si](C)(C)c1ccccc1. The highest BCUT2D eigenvalue weighted by atomic mass is 29.3. The summed E-state index contributed by atoms with van der Waals surface area (Å²) in [6.07, 6.45) is 0. The average Bonchev–Trinajstić information content (AvgIpc) is 2.65. The Balaban J connectivity index is 2.30. The molecule has 0 heterocycles. The zero-order valence-corrected chi connectivity index (χ0v) is 16.6. The molecule has 0 aliphatic rings. The van der Waals surface area contributed by atoms with Crippen molar-refractivity contribution in [2.45, 2.75) is 13.1 Å². The lowest BCUT2D eigenvalue weighted by Gasteiger charge is -2.43. The minimum absolute atomic E-state index is 1.36. The molecule has 3 heteroatoms. The van der Waals surface area contributed by atoms with Crippen molar-refractivity contribution >= 4 is 31.0 Å². The summed E-state index contributed by atoms with van der Waals surface area (Å²) in [5.74, 6) is 0. The third-order valence-electron chi connectivity index (χ3n) is 5.04. The van der Waals surface area contributed by atoms with E-state index < -0.39 is 15.4 Å². The van der Waals surface area contributed by atoms with Crippen molar-refractivity contribution in [1.29, 1.82) is 0 Å². The quantitative estimate of drug-likeness (QED) is 0.644. The van der Waals surface area contributed by atoms with Gasteiger partial charge in [0, 0.05) is 7.11 Å². The van der Waals surface area contributed by atoms with Crippen LogP contribution in [0.3, 0.4) is 0 Å². The van der Waals surface area contributed by atoms with Gasteiger partial charge in [-0.1, -0.05) is 109 Å². The third-order valence-corrected chi connectivity index (χ3v) is 20.0. The maximum absolute atomic E-state index is 6.53. The molecule has 0 aliphatic heterocycles. The Morgan fingerprint density at radius 3 is 1.21 bits per heavy atom. The Morgan fingerprint density at radius 1 is 0.542 bits per heavy atom. The highest BCUT2D eigenvalue weighted by Gasteiger charge is 2.54. The fourth-order valence-electron chi connectivity index (χ4n) is 3.78. The Hall–Kier alpha value is -1.95. The molecule has 24 heavy (non-hydrogen) atoms. The fraction of sp³-hybridized carbons (Fsp3) is 0.143. The van der Waals surface area contributed by atoms with E-state index in [0.29, 0.717) is 0 Å². The van der Waals surface area contributed by atoms with Crippen LogP contribution in [0.2, 0.25) is 13.1 Å². The second-order valence-corrected chi connectivity index (χ2v) is 19.2. The van der Waals surface area contributed by atoms with E-state index in [1.54, 1.807) is 0 Å². The van der Waals surface area contributed by atoms with Crippen molar-refractivity contribution in [3.8, 4) is 0 Å². The second-order valence-electron chi connectivity index (χ2n) is 6.61. The molecule has 0 saturated carbocycles. The van der Waals surface area contributed by atoms with Crippen molar-refractivity contribution in [3.63, 3.8) is 0 Å². The van der Waals surface area contributed by atoms with Gasteiger partial charge >= 0.3 is 0 Å². The summed E-state index contributed by atoms with van der Waals surface area (Å²) in [5.41, 5.74) is 0. The molecule has 0 bridgehead atoms. The maximum atomic E-state index is 6.53. The van der Waals surface area contributed by atoms with Crippen molar-refractivity contribution in [2.24, 2.45) is 0 Å². The Bertz CT molecular complexity index is 731. The highest BCUT2D eigenvalue weighted by Crippen LogP contribution is 2.21. The zero-order valence-electron chi connectivity index (χ0n) is 14.6. The third kappa shape index (κ3) is 2.69. The van der Waals surface area contributed by atoms with Crippen LogP contribution in [0.15, 0.2) is 91.0 Å². The average molecular weight is 349 g/mol. The van der Waals surface area contributed by atoms with Gasteiger partial charge in [0.2, 0.25) is 7.83 Å². The normalized spacial score (nSPS) is 12.1. The number of hydrogen-bond acceptors (Lipinski definition) is 1. The van der Waals surface area contributed by atoms with E-state index in [-0.39, 0.29) is 0 Å². The van der Waals surface area contributed by atoms with Crippen LogP contribution in [0.5, 0.6) is 0 Å². The van der Waals surface area contributed by atoms with Crippen LogP contribution in [0.4, 0.5) is 0 Å². The van der Waals surface area contributed by atoms with Crippen LogP contribution >= 0.6 is 0 Å². The van der Waals surface area contributed by atoms with Gasteiger partial charge < -0.3 is 4.43 Å². The molecule has 3 aromatic carbocycles. The van der Waals surface area contributed by atoms with E-state index in [2.05, 4.69) is 104 Å². The smallest absolute Gasteiger partial charge is 0.244 e. The monoisotopic (exact) mass is 348 g/mol. The van der Waals surface area contributed by atoms with E-state index in [1.807, 2.05) is 7.11 Å². The van der Waals surface area contributed by atoms with Crippen molar-refractivity contribution < 1.29 is 4.43 Å². The van der Waals surface area contributed by atoms with Crippen LogP contribution in [-0.4, -0.2) is 22.5 Å². The molecule has 0 spiro atoms. The van der Waals surface area contributed by atoms with Crippen LogP contribution in [0, 0.1) is 0 Å². The molecular weight excluding hydrogens is 324 g/mol. The first kappa shape index (κ1) is 16.9. The summed E-state index contributed by atoms with van der Waals surface area (Å²) in [6.45, 7) is 4.91. The maximum Gasteiger partial charge on any atom is 0.244 e. The van der Waals surface area contributed by atoms with Crippen LogP contribution in [-0.2, 0) is 4.43 Å². The number of benzene rings is 3. The largest absolute Gasteiger partial charge is 0.413 e. The Labute approximate surface area is 146 Å². The zero-order chi connectivity index (χ0) is 17.0. The van der Waals surface area contributed by atoms with Crippen LogP contribution in [0.25, 0.3) is 0 Å². The second kappa shape index (κ2) is 6.89. The highest BCUT2D eigenvalue weighted by molar-refractivity contribution is 7.52. The molecule has 0 unspecified atom stereocenters. The van der Waals surface area contributed by atoms with Gasteiger partial charge in [0.15, 0.2) is 0 Å². The van der Waals surface area contributed by atoms with E-state index in [4.69, 9.17) is 4.43 Å². The van der Waals surface area contributed by atoms with Crippen LogP contribution < -0.4 is 15.6 Å². The predicted octanol–water partition coefficient (Wildman–Crippen LogP) is 3.09. The Kier molecular flexibility index (Phi) is 4.85. The lowest BCUT2D eigenvalue weighted by atomic mass is 10.4. The first-order valence-electron chi connectivity index (χ1n) is 8.34. The summed E-state index contributed by atoms with van der Waals surface area (Å²) in [5, 5.41) is 4.17. The summed E-state index contributed by atoms with van der Waals surface area (Å²) in [7, 11) is -2.37. The van der Waals surface area contributed by atoms with Gasteiger partial charge in [0.05, 0.1) is 0 Å². The van der Waals surface area contributed by atoms with Crippen molar-refractivity contribution in [1.82, 2.24) is 0 Å². The first-order valence-corrected chi connectivity index (χ1v) is 14.3. The van der Waals surface area contributed by atoms with Gasteiger partial charge in [-0.25, -0.2) is 0 Å². The van der Waals surface area contributed by atoms with Crippen molar-refractivity contribution in [3.05, 3.63) is 91.0 Å². The first-order chi connectivity index (χ1) is 11.6. The number of hydrogen-bond donors (Lipinski definition) is 0. The van der Waals surface area contributed by atoms with E-state index in [1.165, 1.54) is 15.6 Å². The molecule has 0 fully saturated rings. The van der Waals surface area contributed by atoms with Gasteiger partial charge in [-0.3, -0.25) is 0 Å². The standard InChI is InChI=1S/C21H24OSi2/c1-22-24(20-15-9-5-10-16-20,21-17-11-6-12-18-21)23(2,3)19-13-7-4-8-14-19/h4-18H,1-3H3. The molecule has 3 rings (SSSR count). The van der Waals surface area contributed by atoms with Gasteiger partial charge in [0.1, 0.15) is 7.59 Å². The van der Waals surface area contributed by atoms with E-state index in [9.17, 15) is 0 Å². The molecule has 0 N–H and O–H groups in total. The lowest BCUT2D eigenvalue weighted by molar-refractivity contribution is 0.430. The van der Waals surface area contributed by atoms with Crippen molar-refractivity contribution in [2.75, 3.05) is 7.11 Å². The van der Waals surface area contributed by atoms with Gasteiger partial charge in [-0.05, 0) is 10.4 Å². The lowest BCUT2D eigenvalue weighted by Crippen LogP contribution is -2.79. The molecule has 0 atom stereocenters. The molecule has 0 saturated heterocycles. The van der Waals surface area contributed by atoms with Crippen LogP contribution in [0.1, 0.15) is 0 Å². The molecule has 3 aromatic rings. The number of rotatable bonds is 5. The minimum Gasteiger partial charge on any atom is -0.413 e. The Morgan fingerprint density at radius 2 is 0.875 bits per heavy atom. The molecule has 1 nitrogen and oxygen atoms in total. The summed E-state index contributed by atoms with van der Waals surface area (Å²) >= 11 is 0. The summed E-state index contributed by atoms with van der Waals surface area (Å²) < 4.78 is 6.53. The van der Waals surface area contributed by atoms with Gasteiger partial charge in [-0.2, -0.15) is 0 Å². The fourth-order valence-corrected chi connectivity index (χ4v) is 17.9. The van der Waals surface area contributed by atoms with E-state index in [0.717, 1.165) is 0 Å². The van der Waals surface area contributed by atoms with E-state index >= 15 is 0 Å². The molecule has 0 aliphatic carbocycles. The minimum atomic E-state index is -2.35.